The molecular formula is C40H56. The molecule has 0 aliphatic heterocycles. The van der Waals surface area contributed by atoms with E-state index in [2.05, 4.69) is 0 Å². The zero-order chi connectivity index (χ0) is 25.2. The highest BCUT2D eigenvalue weighted by Crippen LogP contribution is 2.79. The summed E-state index contributed by atoms with van der Waals surface area (Å²) in [5.74, 6) is 30.3. The second kappa shape index (κ2) is 7.27. The topological polar surface area (TPSA) is 0 Å². The average molecular weight is 537 g/mol. The van der Waals surface area contributed by atoms with Crippen molar-refractivity contribution in [2.24, 2.45) is 142 Å². The van der Waals surface area contributed by atoms with Crippen molar-refractivity contribution in [1.29, 1.82) is 0 Å². The van der Waals surface area contributed by atoms with E-state index in [9.17, 15) is 0 Å². The smallest absolute Gasteiger partial charge is 0.0318 e. The summed E-state index contributed by atoms with van der Waals surface area (Å²) in [7, 11) is 0. The van der Waals surface area contributed by atoms with Crippen LogP contribution in [-0.4, -0.2) is 0 Å². The first kappa shape index (κ1) is 22.5. The summed E-state index contributed by atoms with van der Waals surface area (Å²) in [5, 5.41) is 0. The zero-order valence-corrected chi connectivity index (χ0v) is 25.2. The molecule has 0 radical (unpaired) electrons. The second-order valence-electron chi connectivity index (χ2n) is 19.9. The summed E-state index contributed by atoms with van der Waals surface area (Å²) in [6, 6.07) is 0. The fraction of sp³-hybridized carbons (Fsp3) is 1.00. The van der Waals surface area contributed by atoms with E-state index in [1.165, 1.54) is 142 Å². The third-order valence-corrected chi connectivity index (χ3v) is 20.8. The molecule has 16 atom stereocenters. The summed E-state index contributed by atoms with van der Waals surface area (Å²) in [5.41, 5.74) is 0. The lowest BCUT2D eigenvalue weighted by molar-refractivity contribution is -0.286. The molecule has 0 amide bonds. The Labute approximate surface area is 244 Å². The summed E-state index contributed by atoms with van der Waals surface area (Å²) < 4.78 is 0. The fourth-order valence-electron chi connectivity index (χ4n) is 18.0. The molecule has 0 spiro atoms. The predicted octanol–water partition coefficient (Wildman–Crippen LogP) is 9.19. The van der Waals surface area contributed by atoms with Crippen molar-refractivity contribution in [1.82, 2.24) is 0 Å². The molecule has 16 aliphatic rings. The molecule has 16 saturated carbocycles. The minimum Gasteiger partial charge on any atom is -0.0496 e. The lowest BCUT2D eigenvalue weighted by atomic mass is 9.28. The summed E-state index contributed by atoms with van der Waals surface area (Å²) in [6.45, 7) is 0. The fourth-order valence-corrected chi connectivity index (χ4v) is 18.0. The SMILES string of the molecule is C1CC2C1C1C3CCC3C21.C1CC2C1C1C3CCC3C21.C1CC2C1C1C3CCC3C21.C1CC2C1C1C3CCC3C21. The third-order valence-electron chi connectivity index (χ3n) is 20.8. The normalized spacial score (nSPS) is 74.4. The van der Waals surface area contributed by atoms with Gasteiger partial charge in [-0.1, -0.05) is 0 Å². The van der Waals surface area contributed by atoms with E-state index < -0.39 is 0 Å². The molecule has 16 fully saturated rings. The van der Waals surface area contributed by atoms with Gasteiger partial charge in [-0.05, 0) is 245 Å². The van der Waals surface area contributed by atoms with Crippen LogP contribution in [0.25, 0.3) is 0 Å². The lowest BCUT2D eigenvalue weighted by Crippen LogP contribution is -2.71. The van der Waals surface area contributed by atoms with Crippen molar-refractivity contribution >= 4 is 0 Å². The molecule has 0 aromatic rings. The summed E-state index contributed by atoms with van der Waals surface area (Å²) >= 11 is 0. The maximum atomic E-state index is 1.61. The van der Waals surface area contributed by atoms with E-state index in [0.29, 0.717) is 0 Å². The molecule has 0 N–H and O–H groups in total. The highest BCUT2D eigenvalue weighted by Gasteiger charge is 2.73. The van der Waals surface area contributed by atoms with Crippen LogP contribution >= 0.6 is 0 Å². The quantitative estimate of drug-likeness (QED) is 0.289. The van der Waals surface area contributed by atoms with Crippen LogP contribution in [0.2, 0.25) is 0 Å². The molecule has 0 heteroatoms. The lowest BCUT2D eigenvalue weighted by Gasteiger charge is -2.77. The van der Waals surface area contributed by atoms with Gasteiger partial charge in [-0.25, -0.2) is 0 Å². The number of rotatable bonds is 0. The molecule has 0 saturated heterocycles. The van der Waals surface area contributed by atoms with Crippen LogP contribution in [0.15, 0.2) is 0 Å². The van der Waals surface area contributed by atoms with Crippen LogP contribution < -0.4 is 0 Å². The van der Waals surface area contributed by atoms with E-state index in [1.54, 1.807) is 103 Å². The molecule has 40 heavy (non-hydrogen) atoms. The first-order chi connectivity index (χ1) is 19.9. The van der Waals surface area contributed by atoms with Crippen LogP contribution in [0.5, 0.6) is 0 Å². The zero-order valence-electron chi connectivity index (χ0n) is 25.2. The van der Waals surface area contributed by atoms with Gasteiger partial charge in [-0.2, -0.15) is 0 Å². The van der Waals surface area contributed by atoms with Gasteiger partial charge in [0.2, 0.25) is 0 Å². The molecule has 16 unspecified atom stereocenters. The van der Waals surface area contributed by atoms with Crippen LogP contribution in [0.4, 0.5) is 0 Å². The highest BCUT2D eigenvalue weighted by molar-refractivity contribution is 5.21. The van der Waals surface area contributed by atoms with Gasteiger partial charge in [-0.15, -0.1) is 0 Å². The van der Waals surface area contributed by atoms with Gasteiger partial charge >= 0.3 is 0 Å². The van der Waals surface area contributed by atoms with E-state index in [4.69, 9.17) is 0 Å². The Morgan fingerprint density at radius 3 is 0.250 bits per heavy atom. The van der Waals surface area contributed by atoms with E-state index in [1.807, 2.05) is 0 Å². The van der Waals surface area contributed by atoms with Gasteiger partial charge in [0, 0.05) is 0 Å². The third kappa shape index (κ3) is 2.25. The Bertz CT molecular complexity index is 793. The Balaban J connectivity index is 0.0000000644. The van der Waals surface area contributed by atoms with Crippen molar-refractivity contribution in [3.63, 3.8) is 0 Å². The van der Waals surface area contributed by atoms with Crippen molar-refractivity contribution in [2.45, 2.75) is 103 Å². The van der Waals surface area contributed by atoms with E-state index in [-0.39, 0.29) is 0 Å². The number of hydrogen-bond acceptors (Lipinski definition) is 0. The summed E-state index contributed by atoms with van der Waals surface area (Å²) in [4.78, 5) is 0. The Morgan fingerprint density at radius 2 is 0.200 bits per heavy atom. The molecule has 216 valence electrons. The van der Waals surface area contributed by atoms with E-state index >= 15 is 0 Å². The minimum absolute atomic E-state index is 1.26. The first-order valence-electron chi connectivity index (χ1n) is 19.9. The second-order valence-corrected chi connectivity index (χ2v) is 19.9. The minimum atomic E-state index is 1.26. The molecule has 16 rings (SSSR count). The van der Waals surface area contributed by atoms with Gasteiger partial charge in [0.05, 0.1) is 0 Å². The van der Waals surface area contributed by atoms with Crippen molar-refractivity contribution in [3.05, 3.63) is 0 Å². The molecule has 0 bridgehead atoms. The molecule has 0 aromatic carbocycles. The van der Waals surface area contributed by atoms with Gasteiger partial charge < -0.3 is 0 Å². The molecule has 0 nitrogen and oxygen atoms in total. The molecule has 16 aliphatic carbocycles. The van der Waals surface area contributed by atoms with Gasteiger partial charge in [-0.3, -0.25) is 0 Å². The molecule has 0 heterocycles. The highest BCUT2D eigenvalue weighted by atomic mass is 14.8. The van der Waals surface area contributed by atoms with Crippen LogP contribution in [0.1, 0.15) is 103 Å². The first-order valence-corrected chi connectivity index (χ1v) is 19.9. The Hall–Kier alpha value is 0. The largest absolute Gasteiger partial charge is 0.0496 e. The predicted molar refractivity (Wildman–Crippen MR) is 158 cm³/mol. The average Bonchev–Trinajstić information content (AvgIpc) is 2.83. The van der Waals surface area contributed by atoms with Crippen LogP contribution in [0.3, 0.4) is 0 Å². The molecular weight excluding hydrogens is 480 g/mol. The van der Waals surface area contributed by atoms with Gasteiger partial charge in [0.25, 0.3) is 0 Å². The maximum absolute atomic E-state index is 1.61. The van der Waals surface area contributed by atoms with Crippen molar-refractivity contribution < 1.29 is 0 Å². The Morgan fingerprint density at radius 1 is 0.125 bits per heavy atom. The molecule has 0 aromatic heterocycles. The van der Waals surface area contributed by atoms with Gasteiger partial charge in [0.15, 0.2) is 0 Å². The van der Waals surface area contributed by atoms with Crippen molar-refractivity contribution in [3.8, 4) is 0 Å². The number of fused-ring (bicyclic) bond motifs is 28. The number of hydrogen-bond donors (Lipinski definition) is 0. The Kier molecular flexibility index (Phi) is 4.09. The summed E-state index contributed by atoms with van der Waals surface area (Å²) in [6.07, 6.45) is 25.7. The van der Waals surface area contributed by atoms with Crippen molar-refractivity contribution in [2.75, 3.05) is 0 Å². The standard InChI is InChI=1S/4C10H14/c4*1-2-6-5(1)9-7-3-4-8(7)10(6)9/h4*5-10H,1-4H2. The van der Waals surface area contributed by atoms with Gasteiger partial charge in [0.1, 0.15) is 0 Å². The maximum Gasteiger partial charge on any atom is -0.0318 e. The van der Waals surface area contributed by atoms with E-state index in [0.717, 1.165) is 0 Å². The monoisotopic (exact) mass is 536 g/mol. The van der Waals surface area contributed by atoms with Crippen LogP contribution in [0, 0.1) is 142 Å². The van der Waals surface area contributed by atoms with Crippen LogP contribution in [-0.2, 0) is 0 Å².